The van der Waals surface area contributed by atoms with E-state index in [-0.39, 0.29) is 25.9 Å². The standard InChI is InChI=1S/C27H33N5O4.H2S/c33-23(13-30-27(34)20-7-9-29-26(12-20)31-22-3-1-2-4-22)16-32-10-8-19-11-24(6-5-21(19)15-32)35-17-25-14-28-18-36-25;/h5-7,9,11-12,14,18,22-23,33H,1-4,8,10,13,15-17H2,(H,29,31)(H,30,34);1H2/t23-;/m0./s1. The van der Waals surface area contributed by atoms with E-state index < -0.39 is 6.10 Å². The number of carbonyl (C=O) groups is 1. The third-order valence-electron chi connectivity index (χ3n) is 6.83. The van der Waals surface area contributed by atoms with Crippen molar-refractivity contribution in [3.63, 3.8) is 0 Å². The molecule has 0 saturated heterocycles. The van der Waals surface area contributed by atoms with Crippen LogP contribution >= 0.6 is 13.5 Å². The van der Waals surface area contributed by atoms with Crippen molar-refractivity contribution < 1.29 is 19.1 Å². The zero-order valence-corrected chi connectivity index (χ0v) is 21.9. The predicted octanol–water partition coefficient (Wildman–Crippen LogP) is 3.26. The SMILES string of the molecule is O=C(NC[C@H](O)CN1CCc2cc(OCc3cnco3)ccc2C1)c1ccnc(NC2CCCC2)c1.S. The Balaban J connectivity index is 0.00000320. The van der Waals surface area contributed by atoms with Crippen LogP contribution in [-0.4, -0.2) is 57.7 Å². The molecule has 198 valence electrons. The summed E-state index contributed by atoms with van der Waals surface area (Å²) >= 11 is 0. The van der Waals surface area contributed by atoms with Gasteiger partial charge in [-0.1, -0.05) is 18.9 Å². The maximum Gasteiger partial charge on any atom is 0.251 e. The number of hydrogen-bond donors (Lipinski definition) is 3. The fourth-order valence-corrected chi connectivity index (χ4v) is 4.91. The molecule has 37 heavy (non-hydrogen) atoms. The first kappa shape index (κ1) is 27.0. The molecule has 1 fully saturated rings. The summed E-state index contributed by atoms with van der Waals surface area (Å²) in [5.74, 6) is 2.02. The van der Waals surface area contributed by atoms with Gasteiger partial charge in [0, 0.05) is 44.0 Å². The zero-order chi connectivity index (χ0) is 24.7. The number of hydrogen-bond acceptors (Lipinski definition) is 8. The topological polar surface area (TPSA) is 113 Å². The van der Waals surface area contributed by atoms with Crippen LogP contribution in [0, 0.1) is 0 Å². The van der Waals surface area contributed by atoms with E-state index in [1.54, 1.807) is 24.5 Å². The molecule has 9 nitrogen and oxygen atoms in total. The maximum atomic E-state index is 12.6. The van der Waals surface area contributed by atoms with Gasteiger partial charge in [0.25, 0.3) is 5.91 Å². The summed E-state index contributed by atoms with van der Waals surface area (Å²) in [7, 11) is 0. The van der Waals surface area contributed by atoms with Gasteiger partial charge in [0.15, 0.2) is 12.2 Å². The smallest absolute Gasteiger partial charge is 0.251 e. The van der Waals surface area contributed by atoms with Gasteiger partial charge in [-0.15, -0.1) is 0 Å². The second-order valence-electron chi connectivity index (χ2n) is 9.59. The summed E-state index contributed by atoms with van der Waals surface area (Å²) in [6, 6.07) is 10.0. The lowest BCUT2D eigenvalue weighted by atomic mass is 9.99. The number of ether oxygens (including phenoxy) is 1. The molecule has 1 atom stereocenters. The number of rotatable bonds is 10. The molecule has 1 aromatic carbocycles. The number of nitrogens with zero attached hydrogens (tertiary/aromatic N) is 3. The lowest BCUT2D eigenvalue weighted by molar-refractivity contribution is 0.0841. The summed E-state index contributed by atoms with van der Waals surface area (Å²) in [6.45, 7) is 2.63. The summed E-state index contributed by atoms with van der Waals surface area (Å²) < 4.78 is 11.0. The van der Waals surface area contributed by atoms with Gasteiger partial charge in [-0.05, 0) is 54.7 Å². The molecule has 1 saturated carbocycles. The largest absolute Gasteiger partial charge is 0.486 e. The Morgan fingerprint density at radius 1 is 1.22 bits per heavy atom. The molecule has 10 heteroatoms. The number of β-amino-alcohol motifs (C(OH)–C–C–N with tert-alkyl or cyclic N) is 1. The summed E-state index contributed by atoms with van der Waals surface area (Å²) in [4.78, 5) is 23.1. The Bertz CT molecular complexity index is 1150. The highest BCUT2D eigenvalue weighted by Crippen LogP contribution is 2.25. The highest BCUT2D eigenvalue weighted by Gasteiger charge is 2.20. The Morgan fingerprint density at radius 2 is 2.08 bits per heavy atom. The minimum atomic E-state index is -0.655. The number of nitrogens with one attached hydrogen (secondary N) is 2. The monoisotopic (exact) mass is 525 g/mol. The number of benzene rings is 1. The highest BCUT2D eigenvalue weighted by molar-refractivity contribution is 7.59. The maximum absolute atomic E-state index is 12.6. The van der Waals surface area contributed by atoms with Crippen molar-refractivity contribution in [2.75, 3.05) is 25.0 Å². The number of aliphatic hydroxyl groups is 1. The molecule has 0 bridgehead atoms. The van der Waals surface area contributed by atoms with Crippen LogP contribution in [0.1, 0.15) is 52.9 Å². The van der Waals surface area contributed by atoms with Gasteiger partial charge in [0.1, 0.15) is 18.2 Å². The highest BCUT2D eigenvalue weighted by atomic mass is 32.1. The predicted molar refractivity (Wildman–Crippen MR) is 145 cm³/mol. The molecule has 5 rings (SSSR count). The van der Waals surface area contributed by atoms with E-state index in [4.69, 9.17) is 9.15 Å². The molecule has 3 aromatic rings. The van der Waals surface area contributed by atoms with Crippen molar-refractivity contribution in [2.45, 2.75) is 57.4 Å². The van der Waals surface area contributed by atoms with E-state index in [0.717, 1.165) is 43.9 Å². The van der Waals surface area contributed by atoms with E-state index in [9.17, 15) is 9.90 Å². The Kier molecular flexibility index (Phi) is 9.43. The molecule has 1 amide bonds. The van der Waals surface area contributed by atoms with Crippen LogP contribution in [0.25, 0.3) is 0 Å². The molecule has 0 radical (unpaired) electrons. The number of anilines is 1. The van der Waals surface area contributed by atoms with E-state index in [2.05, 4.69) is 37.6 Å². The first-order chi connectivity index (χ1) is 17.6. The minimum absolute atomic E-state index is 0. The molecule has 3 N–H and O–H groups in total. The number of oxazole rings is 1. The van der Waals surface area contributed by atoms with Crippen LogP contribution in [-0.2, 0) is 19.6 Å². The number of amides is 1. The van der Waals surface area contributed by atoms with Gasteiger partial charge in [-0.25, -0.2) is 9.97 Å². The second-order valence-corrected chi connectivity index (χ2v) is 9.59. The summed E-state index contributed by atoms with van der Waals surface area (Å²) in [6.07, 6.45) is 9.67. The molecule has 2 aliphatic rings. The number of carbonyl (C=O) groups excluding carboxylic acids is 1. The van der Waals surface area contributed by atoms with Gasteiger partial charge in [-0.3, -0.25) is 9.69 Å². The number of aromatic nitrogens is 2. The molecule has 2 aromatic heterocycles. The van der Waals surface area contributed by atoms with Crippen molar-refractivity contribution in [3.05, 3.63) is 71.6 Å². The normalized spacial score (nSPS) is 16.5. The van der Waals surface area contributed by atoms with Crippen molar-refractivity contribution in [1.82, 2.24) is 20.2 Å². The van der Waals surface area contributed by atoms with Gasteiger partial charge < -0.3 is 24.9 Å². The molecule has 3 heterocycles. The second kappa shape index (κ2) is 12.9. The molecular formula is C27H35N5O4S. The number of aliphatic hydroxyl groups excluding tert-OH is 1. The van der Waals surface area contributed by atoms with E-state index in [0.29, 0.717) is 30.5 Å². The minimum Gasteiger partial charge on any atom is -0.486 e. The molecule has 1 aliphatic carbocycles. The Morgan fingerprint density at radius 3 is 2.89 bits per heavy atom. The summed E-state index contributed by atoms with van der Waals surface area (Å²) in [5, 5.41) is 16.9. The van der Waals surface area contributed by atoms with Gasteiger partial charge in [-0.2, -0.15) is 13.5 Å². The molecule has 0 spiro atoms. The lowest BCUT2D eigenvalue weighted by Gasteiger charge is -2.30. The number of fused-ring (bicyclic) bond motifs is 1. The summed E-state index contributed by atoms with van der Waals surface area (Å²) in [5.41, 5.74) is 3.03. The van der Waals surface area contributed by atoms with Crippen LogP contribution in [0.15, 0.2) is 53.5 Å². The first-order valence-corrected chi connectivity index (χ1v) is 12.7. The molecular weight excluding hydrogens is 490 g/mol. The molecule has 1 aliphatic heterocycles. The molecule has 0 unspecified atom stereocenters. The van der Waals surface area contributed by atoms with Crippen molar-refractivity contribution >= 4 is 25.2 Å². The van der Waals surface area contributed by atoms with Crippen LogP contribution in [0.5, 0.6) is 5.75 Å². The third kappa shape index (κ3) is 7.47. The van der Waals surface area contributed by atoms with Gasteiger partial charge in [0.05, 0.1) is 12.3 Å². The van der Waals surface area contributed by atoms with Gasteiger partial charge >= 0.3 is 0 Å². The Hall–Kier alpha value is -3.08. The van der Waals surface area contributed by atoms with E-state index >= 15 is 0 Å². The van der Waals surface area contributed by atoms with Crippen molar-refractivity contribution in [1.29, 1.82) is 0 Å². The van der Waals surface area contributed by atoms with Crippen LogP contribution in [0.3, 0.4) is 0 Å². The van der Waals surface area contributed by atoms with Crippen molar-refractivity contribution in [2.24, 2.45) is 0 Å². The first-order valence-electron chi connectivity index (χ1n) is 12.7. The zero-order valence-electron chi connectivity index (χ0n) is 20.9. The average Bonchev–Trinajstić information content (AvgIpc) is 3.61. The van der Waals surface area contributed by atoms with E-state index in [1.807, 2.05) is 6.07 Å². The third-order valence-corrected chi connectivity index (χ3v) is 6.83. The van der Waals surface area contributed by atoms with Crippen molar-refractivity contribution in [3.8, 4) is 5.75 Å². The quantitative estimate of drug-likeness (QED) is 0.370. The Labute approximate surface area is 224 Å². The fraction of sp³-hybridized carbons (Fsp3) is 0.444. The average molecular weight is 526 g/mol. The van der Waals surface area contributed by atoms with Gasteiger partial charge in [0.2, 0.25) is 0 Å². The van der Waals surface area contributed by atoms with Crippen LogP contribution < -0.4 is 15.4 Å². The number of pyridine rings is 1. The van der Waals surface area contributed by atoms with E-state index in [1.165, 1.54) is 30.4 Å². The fourth-order valence-electron chi connectivity index (χ4n) is 4.91. The lowest BCUT2D eigenvalue weighted by Crippen LogP contribution is -2.42. The van der Waals surface area contributed by atoms with Crippen LogP contribution in [0.4, 0.5) is 5.82 Å². The van der Waals surface area contributed by atoms with Crippen LogP contribution in [0.2, 0.25) is 0 Å².